The minimum absolute atomic E-state index is 0.0605. The molecule has 0 bridgehead atoms. The summed E-state index contributed by atoms with van der Waals surface area (Å²) in [7, 11) is 0. The summed E-state index contributed by atoms with van der Waals surface area (Å²) in [5.41, 5.74) is 0. The highest BCUT2D eigenvalue weighted by Gasteiger charge is 2.63. The van der Waals surface area contributed by atoms with Gasteiger partial charge in [0.2, 0.25) is 0 Å². The molecule has 0 radical (unpaired) electrons. The first-order chi connectivity index (χ1) is 6.80. The molecular weight excluding hydrogens is 221 g/mol. The molecule has 1 heterocycles. The van der Waals surface area contributed by atoms with E-state index >= 15 is 0 Å². The summed E-state index contributed by atoms with van der Waals surface area (Å²) in [6, 6.07) is 0. The molecule has 0 aromatic heterocycles. The lowest BCUT2D eigenvalue weighted by molar-refractivity contribution is -0.279. The van der Waals surface area contributed by atoms with Gasteiger partial charge >= 0.3 is 12.0 Å². The molecule has 88 valence electrons. The molecule has 0 aliphatic carbocycles. The average molecular weight is 231 g/mol. The molecule has 1 fully saturated rings. The number of rotatable bonds is 2. The third-order valence-corrected chi connectivity index (χ3v) is 2.18. The normalized spacial score (nSPS) is 23.5. The Bertz CT molecular complexity index is 248. The van der Waals surface area contributed by atoms with Gasteiger partial charge in [-0.2, -0.15) is 13.2 Å². The van der Waals surface area contributed by atoms with Crippen molar-refractivity contribution in [2.45, 2.75) is 12.0 Å². The maximum absolute atomic E-state index is 13.6. The zero-order valence-corrected chi connectivity index (χ0v) is 7.78. The molecule has 1 atom stereocenters. The predicted molar refractivity (Wildman–Crippen MR) is 42.5 cm³/mol. The first kappa shape index (κ1) is 12.4. The maximum Gasteiger partial charge on any atom is 0.443 e. The molecule has 0 aromatic carbocycles. The van der Waals surface area contributed by atoms with E-state index in [1.165, 1.54) is 0 Å². The van der Waals surface area contributed by atoms with Crippen molar-refractivity contribution >= 4 is 0 Å². The molecule has 1 aliphatic rings. The monoisotopic (exact) mass is 231 g/mol. The van der Waals surface area contributed by atoms with E-state index in [1.54, 1.807) is 0 Å². The van der Waals surface area contributed by atoms with Gasteiger partial charge in [-0.15, -0.1) is 0 Å². The highest BCUT2D eigenvalue weighted by molar-refractivity contribution is 5.09. The third kappa shape index (κ3) is 2.12. The molecule has 7 heteroatoms. The van der Waals surface area contributed by atoms with E-state index in [9.17, 15) is 22.0 Å². The van der Waals surface area contributed by atoms with Gasteiger partial charge in [-0.05, 0) is 0 Å². The van der Waals surface area contributed by atoms with Crippen molar-refractivity contribution < 1.29 is 26.7 Å². The third-order valence-electron chi connectivity index (χ3n) is 2.18. The van der Waals surface area contributed by atoms with Gasteiger partial charge in [0, 0.05) is 13.1 Å². The van der Waals surface area contributed by atoms with Gasteiger partial charge in [0.15, 0.2) is 5.83 Å². The van der Waals surface area contributed by atoms with E-state index in [1.807, 2.05) is 0 Å². The van der Waals surface area contributed by atoms with Crippen molar-refractivity contribution in [2.24, 2.45) is 0 Å². The van der Waals surface area contributed by atoms with E-state index in [2.05, 4.69) is 6.58 Å². The van der Waals surface area contributed by atoms with Crippen LogP contribution in [-0.4, -0.2) is 43.2 Å². The van der Waals surface area contributed by atoms with Crippen molar-refractivity contribution in [1.82, 2.24) is 4.90 Å². The van der Waals surface area contributed by atoms with Crippen LogP contribution in [0.5, 0.6) is 0 Å². The Morgan fingerprint density at radius 2 is 1.60 bits per heavy atom. The quantitative estimate of drug-likeness (QED) is 0.532. The van der Waals surface area contributed by atoms with E-state index in [0.29, 0.717) is 4.90 Å². The number of ether oxygens (including phenoxy) is 1. The zero-order valence-electron chi connectivity index (χ0n) is 7.78. The van der Waals surface area contributed by atoms with Gasteiger partial charge in [-0.3, -0.25) is 4.90 Å². The molecule has 1 aliphatic heterocycles. The van der Waals surface area contributed by atoms with Crippen LogP contribution in [0.3, 0.4) is 0 Å². The summed E-state index contributed by atoms with van der Waals surface area (Å²) in [6.07, 6.45) is -5.34. The van der Waals surface area contributed by atoms with Crippen molar-refractivity contribution in [1.29, 1.82) is 0 Å². The van der Waals surface area contributed by atoms with Crippen LogP contribution in [0.4, 0.5) is 22.0 Å². The largest absolute Gasteiger partial charge is 0.443 e. The summed E-state index contributed by atoms with van der Waals surface area (Å²) in [6.45, 7) is 1.66. The standard InChI is InChI=1S/C8H10F5NO/c1-6(9)7(10,8(11,12)13)14-2-4-15-5-3-14/h1-5H2. The van der Waals surface area contributed by atoms with Gasteiger partial charge in [-0.25, -0.2) is 8.78 Å². The molecule has 0 saturated carbocycles. The summed E-state index contributed by atoms with van der Waals surface area (Å²) in [4.78, 5) is 0.346. The van der Waals surface area contributed by atoms with Gasteiger partial charge in [-0.1, -0.05) is 6.58 Å². The van der Waals surface area contributed by atoms with Crippen LogP contribution < -0.4 is 0 Å². The fraction of sp³-hybridized carbons (Fsp3) is 0.750. The molecule has 1 unspecified atom stereocenters. The summed E-state index contributed by atoms with van der Waals surface area (Å²) >= 11 is 0. The lowest BCUT2D eigenvalue weighted by Crippen LogP contribution is -2.59. The van der Waals surface area contributed by atoms with Crippen LogP contribution in [-0.2, 0) is 4.74 Å². The van der Waals surface area contributed by atoms with Crippen LogP contribution in [0.1, 0.15) is 0 Å². The second-order valence-electron chi connectivity index (χ2n) is 3.12. The van der Waals surface area contributed by atoms with Crippen molar-refractivity contribution in [3.05, 3.63) is 12.4 Å². The number of alkyl halides is 4. The number of hydrogen-bond donors (Lipinski definition) is 0. The van der Waals surface area contributed by atoms with Gasteiger partial charge in [0.1, 0.15) is 0 Å². The van der Waals surface area contributed by atoms with E-state index in [0.717, 1.165) is 0 Å². The highest BCUT2D eigenvalue weighted by Crippen LogP contribution is 2.42. The number of halogens is 5. The second-order valence-corrected chi connectivity index (χ2v) is 3.12. The Morgan fingerprint density at radius 3 is 1.93 bits per heavy atom. The lowest BCUT2D eigenvalue weighted by atomic mass is 10.1. The lowest BCUT2D eigenvalue weighted by Gasteiger charge is -2.39. The molecule has 0 aromatic rings. The van der Waals surface area contributed by atoms with Crippen LogP contribution in [0.15, 0.2) is 12.4 Å². The highest BCUT2D eigenvalue weighted by atomic mass is 19.4. The molecule has 0 spiro atoms. The molecule has 1 saturated heterocycles. The predicted octanol–water partition coefficient (Wildman–Crippen LogP) is 2.03. The Hall–Kier alpha value is -0.690. The molecule has 15 heavy (non-hydrogen) atoms. The first-order valence-corrected chi connectivity index (χ1v) is 4.23. The SMILES string of the molecule is C=C(F)C(F)(N1CCOCC1)C(F)(F)F. The summed E-state index contributed by atoms with van der Waals surface area (Å²) in [5.74, 6) is -6.14. The Balaban J connectivity index is 2.94. The van der Waals surface area contributed by atoms with Crippen molar-refractivity contribution in [2.75, 3.05) is 26.3 Å². The Kier molecular flexibility index (Phi) is 3.34. The number of nitrogens with zero attached hydrogens (tertiary/aromatic N) is 1. The van der Waals surface area contributed by atoms with Gasteiger partial charge < -0.3 is 4.74 Å². The second kappa shape index (κ2) is 4.05. The zero-order chi connectivity index (χ0) is 11.7. The summed E-state index contributed by atoms with van der Waals surface area (Å²) < 4.78 is 68.1. The van der Waals surface area contributed by atoms with Crippen LogP contribution in [0.25, 0.3) is 0 Å². The van der Waals surface area contributed by atoms with Gasteiger partial charge in [0.25, 0.3) is 0 Å². The van der Waals surface area contributed by atoms with Crippen LogP contribution >= 0.6 is 0 Å². The molecule has 0 N–H and O–H groups in total. The molecule has 1 rings (SSSR count). The Morgan fingerprint density at radius 1 is 1.13 bits per heavy atom. The average Bonchev–Trinajstić information content (AvgIpc) is 2.16. The minimum atomic E-state index is -5.34. The van der Waals surface area contributed by atoms with E-state index < -0.39 is 17.8 Å². The summed E-state index contributed by atoms with van der Waals surface area (Å²) in [5, 5.41) is 0. The minimum Gasteiger partial charge on any atom is -0.379 e. The molecule has 2 nitrogen and oxygen atoms in total. The van der Waals surface area contributed by atoms with Crippen molar-refractivity contribution in [3.63, 3.8) is 0 Å². The number of morpholine rings is 1. The molecular formula is C8H10F5NO. The van der Waals surface area contributed by atoms with Gasteiger partial charge in [0.05, 0.1) is 13.2 Å². The van der Waals surface area contributed by atoms with E-state index in [4.69, 9.17) is 4.74 Å². The topological polar surface area (TPSA) is 12.5 Å². The van der Waals surface area contributed by atoms with Crippen LogP contribution in [0, 0.1) is 0 Å². The smallest absolute Gasteiger partial charge is 0.379 e. The number of hydrogen-bond acceptors (Lipinski definition) is 2. The van der Waals surface area contributed by atoms with E-state index in [-0.39, 0.29) is 26.3 Å². The fourth-order valence-corrected chi connectivity index (χ4v) is 1.38. The van der Waals surface area contributed by atoms with Crippen molar-refractivity contribution in [3.8, 4) is 0 Å². The maximum atomic E-state index is 13.6. The fourth-order valence-electron chi connectivity index (χ4n) is 1.38. The Labute approximate surface area is 83.3 Å². The molecule has 0 amide bonds. The van der Waals surface area contributed by atoms with Crippen LogP contribution in [0.2, 0.25) is 0 Å². The first-order valence-electron chi connectivity index (χ1n) is 4.23.